The van der Waals surface area contributed by atoms with Gasteiger partial charge in [0.15, 0.2) is 11.5 Å². The fraction of sp³-hybridized carbons (Fsp3) is 0.200. The molecule has 1 aliphatic heterocycles. The smallest absolute Gasteiger partial charge is 0.329 e. The van der Waals surface area contributed by atoms with Gasteiger partial charge in [-0.25, -0.2) is 4.79 Å². The fourth-order valence-electron chi connectivity index (χ4n) is 2.76. The third kappa shape index (κ3) is 4.14. The lowest BCUT2D eigenvalue weighted by atomic mass is 10.1. The maximum Gasteiger partial charge on any atom is 0.329 e. The van der Waals surface area contributed by atoms with Crippen LogP contribution in [0.25, 0.3) is 6.08 Å². The molecule has 2 aromatic carbocycles. The second kappa shape index (κ2) is 8.26. The van der Waals surface area contributed by atoms with Crippen LogP contribution in [0.1, 0.15) is 18.1 Å². The number of rotatable bonds is 6. The molecule has 1 heterocycles. The Morgan fingerprint density at radius 1 is 1.19 bits per heavy atom. The Morgan fingerprint density at radius 2 is 1.93 bits per heavy atom. The maximum atomic E-state index is 12.6. The standard InChI is InChI=1S/C20H19BrN2O4/c1-3-27-18-15(21)9-14(11-17(18)26-2)10-16-19(24)23(20(25)22-16)12-13-7-5-4-6-8-13/h4-11H,3,12H2,1-2H3,(H,22,25)/b16-10+. The van der Waals surface area contributed by atoms with Crippen molar-refractivity contribution in [1.29, 1.82) is 0 Å². The molecule has 140 valence electrons. The quantitative estimate of drug-likeness (QED) is 0.556. The van der Waals surface area contributed by atoms with Crippen LogP contribution in [0.15, 0.2) is 52.6 Å². The Balaban J connectivity index is 1.86. The highest BCUT2D eigenvalue weighted by Crippen LogP contribution is 2.37. The number of hydrogen-bond acceptors (Lipinski definition) is 4. The van der Waals surface area contributed by atoms with Gasteiger partial charge in [-0.2, -0.15) is 0 Å². The average Bonchev–Trinajstić information content (AvgIpc) is 2.92. The summed E-state index contributed by atoms with van der Waals surface area (Å²) >= 11 is 3.46. The highest BCUT2D eigenvalue weighted by atomic mass is 79.9. The zero-order valence-corrected chi connectivity index (χ0v) is 16.6. The minimum atomic E-state index is -0.438. The average molecular weight is 431 g/mol. The van der Waals surface area contributed by atoms with E-state index in [1.54, 1.807) is 25.3 Å². The van der Waals surface area contributed by atoms with E-state index in [1.807, 2.05) is 37.3 Å². The summed E-state index contributed by atoms with van der Waals surface area (Å²) in [4.78, 5) is 26.0. The number of amides is 3. The summed E-state index contributed by atoms with van der Waals surface area (Å²) in [5.74, 6) is 0.762. The molecule has 6 nitrogen and oxygen atoms in total. The minimum Gasteiger partial charge on any atom is -0.493 e. The van der Waals surface area contributed by atoms with Crippen molar-refractivity contribution in [3.8, 4) is 11.5 Å². The molecule has 0 aliphatic carbocycles. The van der Waals surface area contributed by atoms with Gasteiger partial charge in [-0.1, -0.05) is 30.3 Å². The van der Waals surface area contributed by atoms with Crippen molar-refractivity contribution in [2.75, 3.05) is 13.7 Å². The van der Waals surface area contributed by atoms with E-state index in [2.05, 4.69) is 21.2 Å². The van der Waals surface area contributed by atoms with E-state index in [1.165, 1.54) is 4.90 Å². The van der Waals surface area contributed by atoms with Gasteiger partial charge in [0.05, 0.1) is 24.7 Å². The molecular formula is C20H19BrN2O4. The molecule has 3 amide bonds. The number of ether oxygens (including phenoxy) is 2. The normalized spacial score (nSPS) is 15.2. The third-order valence-electron chi connectivity index (χ3n) is 4.00. The number of nitrogens with zero attached hydrogens (tertiary/aromatic N) is 1. The van der Waals surface area contributed by atoms with E-state index in [0.29, 0.717) is 28.1 Å². The van der Waals surface area contributed by atoms with Gasteiger partial charge in [-0.3, -0.25) is 9.69 Å². The van der Waals surface area contributed by atoms with Crippen LogP contribution in [0.2, 0.25) is 0 Å². The molecule has 27 heavy (non-hydrogen) atoms. The number of nitrogens with one attached hydrogen (secondary N) is 1. The summed E-state index contributed by atoms with van der Waals surface area (Å²) < 4.78 is 11.6. The lowest BCUT2D eigenvalue weighted by molar-refractivity contribution is -0.123. The molecule has 0 bridgehead atoms. The van der Waals surface area contributed by atoms with Crippen LogP contribution in [0.4, 0.5) is 4.79 Å². The Kier molecular flexibility index (Phi) is 5.81. The zero-order valence-electron chi connectivity index (χ0n) is 15.0. The van der Waals surface area contributed by atoms with Crippen molar-refractivity contribution >= 4 is 33.9 Å². The Hall–Kier alpha value is -2.80. The number of imide groups is 1. The minimum absolute atomic E-state index is 0.217. The van der Waals surface area contributed by atoms with Crippen LogP contribution >= 0.6 is 15.9 Å². The van der Waals surface area contributed by atoms with Crippen molar-refractivity contribution < 1.29 is 19.1 Å². The Labute approximate surface area is 165 Å². The first-order valence-corrected chi connectivity index (χ1v) is 9.21. The highest BCUT2D eigenvalue weighted by molar-refractivity contribution is 9.10. The number of halogens is 1. The van der Waals surface area contributed by atoms with Crippen molar-refractivity contribution in [1.82, 2.24) is 10.2 Å². The Bertz CT molecular complexity index is 896. The molecule has 0 atom stereocenters. The summed E-state index contributed by atoms with van der Waals surface area (Å²) in [5.41, 5.74) is 1.80. The molecule has 1 fully saturated rings. The second-order valence-electron chi connectivity index (χ2n) is 5.83. The van der Waals surface area contributed by atoms with E-state index < -0.39 is 6.03 Å². The van der Waals surface area contributed by atoms with Crippen LogP contribution < -0.4 is 14.8 Å². The number of hydrogen-bond donors (Lipinski definition) is 1. The number of methoxy groups -OCH3 is 1. The fourth-order valence-corrected chi connectivity index (χ4v) is 3.33. The molecule has 0 aromatic heterocycles. The summed E-state index contributed by atoms with van der Waals surface area (Å²) in [7, 11) is 1.55. The predicted octanol–water partition coefficient (Wildman–Crippen LogP) is 3.95. The van der Waals surface area contributed by atoms with Crippen molar-refractivity contribution in [2.45, 2.75) is 13.5 Å². The van der Waals surface area contributed by atoms with Crippen molar-refractivity contribution in [3.63, 3.8) is 0 Å². The van der Waals surface area contributed by atoms with Crippen LogP contribution in [0.5, 0.6) is 11.5 Å². The van der Waals surface area contributed by atoms with Crippen molar-refractivity contribution in [3.05, 3.63) is 63.8 Å². The largest absolute Gasteiger partial charge is 0.493 e. The molecule has 1 aliphatic rings. The third-order valence-corrected chi connectivity index (χ3v) is 4.59. The first-order valence-electron chi connectivity index (χ1n) is 8.42. The number of urea groups is 1. The van der Waals surface area contributed by atoms with E-state index >= 15 is 0 Å². The van der Waals surface area contributed by atoms with Crippen LogP contribution in [-0.4, -0.2) is 30.6 Å². The van der Waals surface area contributed by atoms with E-state index in [-0.39, 0.29) is 18.1 Å². The van der Waals surface area contributed by atoms with Gasteiger partial charge in [0.1, 0.15) is 5.70 Å². The van der Waals surface area contributed by atoms with Crippen LogP contribution in [-0.2, 0) is 11.3 Å². The van der Waals surface area contributed by atoms with E-state index in [0.717, 1.165) is 5.56 Å². The Morgan fingerprint density at radius 3 is 2.59 bits per heavy atom. The molecule has 0 spiro atoms. The summed E-state index contributed by atoms with van der Waals surface area (Å²) in [6.45, 7) is 2.60. The molecule has 0 unspecified atom stereocenters. The number of carbonyl (C=O) groups is 2. The topological polar surface area (TPSA) is 67.9 Å². The molecule has 0 saturated carbocycles. The van der Waals surface area contributed by atoms with Gasteiger partial charge in [0.2, 0.25) is 0 Å². The van der Waals surface area contributed by atoms with Crippen LogP contribution in [0, 0.1) is 0 Å². The lowest BCUT2D eigenvalue weighted by Crippen LogP contribution is -2.30. The maximum absolute atomic E-state index is 12.6. The number of benzene rings is 2. The molecule has 7 heteroatoms. The molecule has 0 radical (unpaired) electrons. The van der Waals surface area contributed by atoms with Crippen LogP contribution in [0.3, 0.4) is 0 Å². The summed E-state index contributed by atoms with van der Waals surface area (Å²) in [6.07, 6.45) is 1.62. The summed E-state index contributed by atoms with van der Waals surface area (Å²) in [5, 5.41) is 2.63. The first-order chi connectivity index (χ1) is 13.0. The van der Waals surface area contributed by atoms with Gasteiger partial charge in [0.25, 0.3) is 5.91 Å². The van der Waals surface area contributed by atoms with Gasteiger partial charge in [0, 0.05) is 0 Å². The predicted molar refractivity (Wildman–Crippen MR) is 105 cm³/mol. The second-order valence-corrected chi connectivity index (χ2v) is 6.69. The molecular weight excluding hydrogens is 412 g/mol. The number of carbonyl (C=O) groups excluding carboxylic acids is 2. The molecule has 2 aromatic rings. The summed E-state index contributed by atoms with van der Waals surface area (Å²) in [6, 6.07) is 12.5. The van der Waals surface area contributed by atoms with Gasteiger partial charge in [-0.15, -0.1) is 0 Å². The monoisotopic (exact) mass is 430 g/mol. The van der Waals surface area contributed by atoms with Crippen molar-refractivity contribution in [2.24, 2.45) is 0 Å². The molecule has 3 rings (SSSR count). The SMILES string of the molecule is CCOc1c(Br)cc(/C=C2/NC(=O)N(Cc3ccccc3)C2=O)cc1OC. The molecule has 1 N–H and O–H groups in total. The highest BCUT2D eigenvalue weighted by Gasteiger charge is 2.33. The lowest BCUT2D eigenvalue weighted by Gasteiger charge is -2.12. The van der Waals surface area contributed by atoms with Gasteiger partial charge >= 0.3 is 6.03 Å². The van der Waals surface area contributed by atoms with Gasteiger partial charge in [-0.05, 0) is 52.2 Å². The first kappa shape index (κ1) is 19.0. The molecule has 1 saturated heterocycles. The van der Waals surface area contributed by atoms with E-state index in [4.69, 9.17) is 9.47 Å². The zero-order chi connectivity index (χ0) is 19.4. The van der Waals surface area contributed by atoms with E-state index in [9.17, 15) is 9.59 Å². The van der Waals surface area contributed by atoms with Gasteiger partial charge < -0.3 is 14.8 Å².